The number of ketones is 1. The third kappa shape index (κ3) is 5.79. The van der Waals surface area contributed by atoms with E-state index in [-0.39, 0.29) is 18.9 Å². The number of aryl methyl sites for hydroxylation is 1. The van der Waals surface area contributed by atoms with Crippen molar-refractivity contribution in [3.05, 3.63) is 71.8 Å². The highest BCUT2D eigenvalue weighted by Crippen LogP contribution is 2.03. The molecule has 1 N–H and O–H groups in total. The number of amides is 1. The molecule has 0 fully saturated rings. The molecule has 0 saturated heterocycles. The van der Waals surface area contributed by atoms with Crippen LogP contribution in [-0.2, 0) is 22.6 Å². The second kappa shape index (κ2) is 8.62. The Kier molecular flexibility index (Phi) is 6.18. The van der Waals surface area contributed by atoms with Gasteiger partial charge in [-0.05, 0) is 17.5 Å². The van der Waals surface area contributed by atoms with Crippen LogP contribution in [0.4, 0.5) is 4.79 Å². The molecule has 2 rings (SSSR count). The normalized spacial score (nSPS) is 10.0. The lowest BCUT2D eigenvalue weighted by Crippen LogP contribution is -2.30. The number of alkyl carbamates (subject to hydrolysis) is 1. The first-order chi connectivity index (χ1) is 10.7. The second-order valence-electron chi connectivity index (χ2n) is 4.94. The minimum Gasteiger partial charge on any atom is -0.445 e. The molecular formula is C18H19NO3. The van der Waals surface area contributed by atoms with Crippen molar-refractivity contribution < 1.29 is 14.3 Å². The topological polar surface area (TPSA) is 55.4 Å². The Labute approximate surface area is 130 Å². The van der Waals surface area contributed by atoms with Crippen LogP contribution in [0, 0.1) is 0 Å². The molecule has 1 amide bonds. The zero-order valence-corrected chi connectivity index (χ0v) is 12.3. The summed E-state index contributed by atoms with van der Waals surface area (Å²) < 4.78 is 5.04. The first kappa shape index (κ1) is 15.8. The average molecular weight is 297 g/mol. The zero-order chi connectivity index (χ0) is 15.6. The van der Waals surface area contributed by atoms with Crippen molar-refractivity contribution in [3.63, 3.8) is 0 Å². The van der Waals surface area contributed by atoms with Crippen LogP contribution in [0.2, 0.25) is 0 Å². The van der Waals surface area contributed by atoms with Gasteiger partial charge in [0, 0.05) is 6.42 Å². The Hall–Kier alpha value is -2.62. The standard InChI is InChI=1S/C18H19NO3/c20-17(12-11-15-7-3-1-4-8-15)13-19-18(21)22-14-16-9-5-2-6-10-16/h1-10H,11-14H2,(H,19,21). The zero-order valence-electron chi connectivity index (χ0n) is 12.3. The maximum Gasteiger partial charge on any atom is 0.407 e. The van der Waals surface area contributed by atoms with Gasteiger partial charge in [-0.2, -0.15) is 0 Å². The summed E-state index contributed by atoms with van der Waals surface area (Å²) >= 11 is 0. The van der Waals surface area contributed by atoms with Crippen molar-refractivity contribution in [2.24, 2.45) is 0 Å². The maximum absolute atomic E-state index is 11.7. The molecular weight excluding hydrogens is 278 g/mol. The number of rotatable bonds is 7. The molecule has 0 aromatic heterocycles. The largest absolute Gasteiger partial charge is 0.445 e. The quantitative estimate of drug-likeness (QED) is 0.854. The van der Waals surface area contributed by atoms with E-state index in [4.69, 9.17) is 4.74 Å². The smallest absolute Gasteiger partial charge is 0.407 e. The average Bonchev–Trinajstić information content (AvgIpc) is 2.58. The van der Waals surface area contributed by atoms with Gasteiger partial charge >= 0.3 is 6.09 Å². The second-order valence-corrected chi connectivity index (χ2v) is 4.94. The molecule has 4 nitrogen and oxygen atoms in total. The number of ether oxygens (including phenoxy) is 1. The molecule has 2 aromatic carbocycles. The van der Waals surface area contributed by atoms with Gasteiger partial charge in [0.25, 0.3) is 0 Å². The van der Waals surface area contributed by atoms with Crippen LogP contribution in [-0.4, -0.2) is 18.4 Å². The summed E-state index contributed by atoms with van der Waals surface area (Å²) in [5.41, 5.74) is 2.02. The Morgan fingerprint density at radius 3 is 2.09 bits per heavy atom. The Morgan fingerprint density at radius 1 is 0.864 bits per heavy atom. The summed E-state index contributed by atoms with van der Waals surface area (Å²) in [6, 6.07) is 19.2. The molecule has 0 atom stereocenters. The van der Waals surface area contributed by atoms with E-state index >= 15 is 0 Å². The van der Waals surface area contributed by atoms with Gasteiger partial charge < -0.3 is 10.1 Å². The third-order valence-corrected chi connectivity index (χ3v) is 3.18. The van der Waals surface area contributed by atoms with Crippen molar-refractivity contribution in [1.82, 2.24) is 5.32 Å². The Bertz CT molecular complexity index is 541. The molecule has 2 aromatic rings. The molecule has 0 bridgehead atoms. The van der Waals surface area contributed by atoms with Gasteiger partial charge in [0.15, 0.2) is 5.78 Å². The molecule has 4 heteroatoms. The fraction of sp³-hybridized carbons (Fsp3) is 0.222. The highest BCUT2D eigenvalue weighted by Gasteiger charge is 2.07. The van der Waals surface area contributed by atoms with Crippen molar-refractivity contribution >= 4 is 11.9 Å². The summed E-state index contributed by atoms with van der Waals surface area (Å²) in [7, 11) is 0. The first-order valence-electron chi connectivity index (χ1n) is 7.24. The van der Waals surface area contributed by atoms with Gasteiger partial charge in [0.2, 0.25) is 0 Å². The van der Waals surface area contributed by atoms with E-state index in [0.29, 0.717) is 12.8 Å². The van der Waals surface area contributed by atoms with E-state index in [1.807, 2.05) is 60.7 Å². The van der Waals surface area contributed by atoms with Gasteiger partial charge in [-0.1, -0.05) is 60.7 Å². The van der Waals surface area contributed by atoms with Crippen molar-refractivity contribution in [2.75, 3.05) is 6.54 Å². The fourth-order valence-electron chi connectivity index (χ4n) is 1.96. The van der Waals surface area contributed by atoms with Gasteiger partial charge in [-0.15, -0.1) is 0 Å². The predicted molar refractivity (Wildman–Crippen MR) is 84.4 cm³/mol. The predicted octanol–water partition coefficient (Wildman–Crippen LogP) is 3.11. The van der Waals surface area contributed by atoms with E-state index in [0.717, 1.165) is 11.1 Å². The molecule has 0 heterocycles. The minimum atomic E-state index is -0.572. The molecule has 0 aliphatic heterocycles. The summed E-state index contributed by atoms with van der Waals surface area (Å²) in [4.78, 5) is 23.2. The molecule has 0 radical (unpaired) electrons. The lowest BCUT2D eigenvalue weighted by molar-refractivity contribution is -0.118. The highest BCUT2D eigenvalue weighted by atomic mass is 16.5. The van der Waals surface area contributed by atoms with Crippen molar-refractivity contribution in [3.8, 4) is 0 Å². The van der Waals surface area contributed by atoms with Crippen LogP contribution >= 0.6 is 0 Å². The number of carbonyl (C=O) groups excluding carboxylic acids is 2. The number of hydrogen-bond acceptors (Lipinski definition) is 3. The molecule has 0 spiro atoms. The summed E-state index contributed by atoms with van der Waals surface area (Å²) in [5, 5.41) is 2.48. The molecule has 0 saturated carbocycles. The Balaban J connectivity index is 1.62. The van der Waals surface area contributed by atoms with Crippen molar-refractivity contribution in [2.45, 2.75) is 19.4 Å². The van der Waals surface area contributed by atoms with Gasteiger partial charge in [0.1, 0.15) is 6.61 Å². The first-order valence-corrected chi connectivity index (χ1v) is 7.24. The van der Waals surface area contributed by atoms with Gasteiger partial charge in [0.05, 0.1) is 6.54 Å². The number of carbonyl (C=O) groups is 2. The van der Waals surface area contributed by atoms with Crippen LogP contribution < -0.4 is 5.32 Å². The van der Waals surface area contributed by atoms with Gasteiger partial charge in [-0.3, -0.25) is 4.79 Å². The molecule has 0 aliphatic carbocycles. The number of hydrogen-bond donors (Lipinski definition) is 1. The van der Waals surface area contributed by atoms with Crippen LogP contribution in [0.5, 0.6) is 0 Å². The van der Waals surface area contributed by atoms with E-state index < -0.39 is 6.09 Å². The SMILES string of the molecule is O=C(CCc1ccccc1)CNC(=O)OCc1ccccc1. The lowest BCUT2D eigenvalue weighted by atomic mass is 10.1. The molecule has 114 valence electrons. The van der Waals surface area contributed by atoms with E-state index in [2.05, 4.69) is 5.32 Å². The van der Waals surface area contributed by atoms with Crippen LogP contribution in [0.25, 0.3) is 0 Å². The monoisotopic (exact) mass is 297 g/mol. The van der Waals surface area contributed by atoms with Crippen LogP contribution in [0.3, 0.4) is 0 Å². The number of Topliss-reactive ketones (excluding diaryl/α,β-unsaturated/α-hetero) is 1. The summed E-state index contributed by atoms with van der Waals surface area (Å²) in [6.07, 6.45) is 0.514. The van der Waals surface area contributed by atoms with E-state index in [1.165, 1.54) is 0 Å². The molecule has 0 unspecified atom stereocenters. The van der Waals surface area contributed by atoms with Crippen LogP contribution in [0.15, 0.2) is 60.7 Å². The number of benzene rings is 2. The molecule has 22 heavy (non-hydrogen) atoms. The van der Waals surface area contributed by atoms with E-state index in [9.17, 15) is 9.59 Å². The lowest BCUT2D eigenvalue weighted by Gasteiger charge is -2.06. The van der Waals surface area contributed by atoms with Gasteiger partial charge in [-0.25, -0.2) is 4.79 Å². The fourth-order valence-corrected chi connectivity index (χ4v) is 1.96. The summed E-state index contributed by atoms with van der Waals surface area (Å²) in [6.45, 7) is 0.200. The maximum atomic E-state index is 11.7. The minimum absolute atomic E-state index is 0.000453. The van der Waals surface area contributed by atoms with Crippen molar-refractivity contribution in [1.29, 1.82) is 0 Å². The Morgan fingerprint density at radius 2 is 1.45 bits per heavy atom. The molecule has 0 aliphatic rings. The van der Waals surface area contributed by atoms with Crippen LogP contribution in [0.1, 0.15) is 17.5 Å². The highest BCUT2D eigenvalue weighted by molar-refractivity contribution is 5.84. The van der Waals surface area contributed by atoms with E-state index in [1.54, 1.807) is 0 Å². The summed E-state index contributed by atoms with van der Waals surface area (Å²) in [5.74, 6) is -0.0134. The number of nitrogens with one attached hydrogen (secondary N) is 1. The third-order valence-electron chi connectivity index (χ3n) is 3.18.